The fourth-order valence-electron chi connectivity index (χ4n) is 3.77. The molecule has 0 aromatic rings. The average Bonchev–Trinajstić information content (AvgIpc) is 2.90. The zero-order valence-electron chi connectivity index (χ0n) is 11.8. The molecule has 0 aromatic carbocycles. The molecule has 0 radical (unpaired) electrons. The van der Waals surface area contributed by atoms with Gasteiger partial charge in [0, 0.05) is 6.04 Å². The van der Waals surface area contributed by atoms with Gasteiger partial charge in [-0.05, 0) is 31.6 Å². The number of carbonyl (C=O) groups excluding carboxylic acids is 1. The van der Waals surface area contributed by atoms with Crippen molar-refractivity contribution in [3.8, 4) is 0 Å². The monoisotopic (exact) mass is 253 g/mol. The summed E-state index contributed by atoms with van der Waals surface area (Å²) in [5, 5.41) is 3.67. The highest BCUT2D eigenvalue weighted by molar-refractivity contribution is 5.81. The molecule has 1 N–H and O–H groups in total. The van der Waals surface area contributed by atoms with Gasteiger partial charge < -0.3 is 4.74 Å². The molecule has 104 valence electrons. The van der Waals surface area contributed by atoms with Crippen molar-refractivity contribution in [1.82, 2.24) is 5.32 Å². The largest absolute Gasteiger partial charge is 0.468 e. The van der Waals surface area contributed by atoms with Crippen LogP contribution in [0.2, 0.25) is 0 Å². The van der Waals surface area contributed by atoms with Gasteiger partial charge in [-0.1, -0.05) is 39.0 Å². The van der Waals surface area contributed by atoms with Crippen molar-refractivity contribution < 1.29 is 9.53 Å². The molecule has 0 aliphatic heterocycles. The van der Waals surface area contributed by atoms with E-state index in [-0.39, 0.29) is 11.5 Å². The van der Waals surface area contributed by atoms with Crippen molar-refractivity contribution in [2.45, 2.75) is 76.3 Å². The van der Waals surface area contributed by atoms with E-state index in [1.807, 2.05) is 0 Å². The number of ether oxygens (including phenoxy) is 1. The number of hydrogen-bond acceptors (Lipinski definition) is 3. The number of rotatable bonds is 4. The third kappa shape index (κ3) is 2.87. The molecule has 0 saturated heterocycles. The molecule has 0 spiro atoms. The van der Waals surface area contributed by atoms with Gasteiger partial charge in [-0.2, -0.15) is 0 Å². The summed E-state index contributed by atoms with van der Waals surface area (Å²) in [6, 6.07) is 0.528. The summed E-state index contributed by atoms with van der Waals surface area (Å²) in [5.41, 5.74) is -0.386. The number of esters is 1. The second-order valence-electron chi connectivity index (χ2n) is 6.07. The van der Waals surface area contributed by atoms with E-state index in [0.29, 0.717) is 12.0 Å². The normalized spacial score (nSPS) is 33.6. The van der Waals surface area contributed by atoms with Crippen LogP contribution < -0.4 is 5.32 Å². The molecule has 0 aromatic heterocycles. The zero-order valence-corrected chi connectivity index (χ0v) is 11.8. The van der Waals surface area contributed by atoms with Crippen molar-refractivity contribution in [3.05, 3.63) is 0 Å². The van der Waals surface area contributed by atoms with Crippen LogP contribution in [0.15, 0.2) is 0 Å². The van der Waals surface area contributed by atoms with Crippen molar-refractivity contribution in [3.63, 3.8) is 0 Å². The third-order valence-corrected chi connectivity index (χ3v) is 4.84. The Hall–Kier alpha value is -0.570. The maximum Gasteiger partial charge on any atom is 0.326 e. The zero-order chi connectivity index (χ0) is 13.0. The van der Waals surface area contributed by atoms with E-state index in [9.17, 15) is 4.79 Å². The minimum absolute atomic E-state index is 0.0347. The summed E-state index contributed by atoms with van der Waals surface area (Å²) in [6.07, 6.45) is 10.5. The van der Waals surface area contributed by atoms with Gasteiger partial charge >= 0.3 is 5.97 Å². The van der Waals surface area contributed by atoms with E-state index in [2.05, 4.69) is 12.2 Å². The van der Waals surface area contributed by atoms with Crippen LogP contribution in [0.5, 0.6) is 0 Å². The molecule has 3 heteroatoms. The highest BCUT2D eigenvalue weighted by atomic mass is 16.5. The Labute approximate surface area is 111 Å². The van der Waals surface area contributed by atoms with E-state index in [1.54, 1.807) is 0 Å². The number of nitrogens with one attached hydrogen (secondary N) is 1. The average molecular weight is 253 g/mol. The molecule has 2 unspecified atom stereocenters. The van der Waals surface area contributed by atoms with E-state index >= 15 is 0 Å². The second kappa shape index (κ2) is 6.05. The molecule has 2 rings (SSSR count). The van der Waals surface area contributed by atoms with E-state index in [0.717, 1.165) is 19.3 Å². The molecular weight excluding hydrogens is 226 g/mol. The minimum atomic E-state index is -0.386. The van der Waals surface area contributed by atoms with Gasteiger partial charge in [0.05, 0.1) is 7.11 Å². The standard InChI is InChI=1S/C15H27NO2/c1-3-12-7-6-10-15(11-12,14(17)18-2)16-13-8-4-5-9-13/h12-13,16H,3-11H2,1-2H3. The van der Waals surface area contributed by atoms with E-state index < -0.39 is 0 Å². The molecule has 3 nitrogen and oxygen atoms in total. The van der Waals surface area contributed by atoms with Crippen LogP contribution in [0.25, 0.3) is 0 Å². The molecule has 2 aliphatic carbocycles. The van der Waals surface area contributed by atoms with Crippen molar-refractivity contribution >= 4 is 5.97 Å². The topological polar surface area (TPSA) is 38.3 Å². The quantitative estimate of drug-likeness (QED) is 0.783. The van der Waals surface area contributed by atoms with Gasteiger partial charge in [0.15, 0.2) is 0 Å². The lowest BCUT2D eigenvalue weighted by molar-refractivity contribution is -0.151. The fraction of sp³-hybridized carbons (Fsp3) is 0.933. The van der Waals surface area contributed by atoms with Gasteiger partial charge in [-0.25, -0.2) is 0 Å². The molecule has 0 bridgehead atoms. The molecule has 2 saturated carbocycles. The van der Waals surface area contributed by atoms with E-state index in [4.69, 9.17) is 4.74 Å². The van der Waals surface area contributed by atoms with Crippen LogP contribution in [0.4, 0.5) is 0 Å². The fourth-order valence-corrected chi connectivity index (χ4v) is 3.77. The summed E-state index contributed by atoms with van der Waals surface area (Å²) in [7, 11) is 1.52. The predicted molar refractivity (Wildman–Crippen MR) is 72.4 cm³/mol. The van der Waals surface area contributed by atoms with Crippen molar-refractivity contribution in [1.29, 1.82) is 0 Å². The third-order valence-electron chi connectivity index (χ3n) is 4.84. The first-order valence-corrected chi connectivity index (χ1v) is 7.56. The van der Waals surface area contributed by atoms with Crippen molar-refractivity contribution in [2.24, 2.45) is 5.92 Å². The Kier molecular flexibility index (Phi) is 4.66. The first-order chi connectivity index (χ1) is 8.70. The SMILES string of the molecule is CCC1CCCC(NC2CCCC2)(C(=O)OC)C1. The predicted octanol–water partition coefficient (Wildman–Crippen LogP) is 3.03. The molecule has 2 fully saturated rings. The number of carbonyl (C=O) groups is 1. The first kappa shape index (κ1) is 13.9. The Morgan fingerprint density at radius 1 is 1.28 bits per heavy atom. The molecule has 18 heavy (non-hydrogen) atoms. The highest BCUT2D eigenvalue weighted by Gasteiger charge is 2.44. The molecule has 0 heterocycles. The minimum Gasteiger partial charge on any atom is -0.468 e. The van der Waals surface area contributed by atoms with Crippen LogP contribution in [0.1, 0.15) is 64.7 Å². The summed E-state index contributed by atoms with van der Waals surface area (Å²) < 4.78 is 5.09. The Morgan fingerprint density at radius 2 is 2.00 bits per heavy atom. The molecule has 2 atom stereocenters. The number of hydrogen-bond donors (Lipinski definition) is 1. The smallest absolute Gasteiger partial charge is 0.326 e. The van der Waals surface area contributed by atoms with Crippen LogP contribution in [0, 0.1) is 5.92 Å². The Bertz CT molecular complexity index is 286. The maximum absolute atomic E-state index is 12.3. The Morgan fingerprint density at radius 3 is 2.61 bits per heavy atom. The first-order valence-electron chi connectivity index (χ1n) is 7.56. The van der Waals surface area contributed by atoms with Crippen LogP contribution >= 0.6 is 0 Å². The number of methoxy groups -OCH3 is 1. The lowest BCUT2D eigenvalue weighted by atomic mass is 9.74. The Balaban J connectivity index is 2.08. The summed E-state index contributed by atoms with van der Waals surface area (Å²) in [6.45, 7) is 2.23. The van der Waals surface area contributed by atoms with Gasteiger partial charge in [0.25, 0.3) is 0 Å². The van der Waals surface area contributed by atoms with Crippen molar-refractivity contribution in [2.75, 3.05) is 7.11 Å². The van der Waals surface area contributed by atoms with Crippen LogP contribution in [0.3, 0.4) is 0 Å². The van der Waals surface area contributed by atoms with Crippen LogP contribution in [-0.2, 0) is 9.53 Å². The van der Waals surface area contributed by atoms with E-state index in [1.165, 1.54) is 45.6 Å². The maximum atomic E-state index is 12.3. The molecule has 0 amide bonds. The van der Waals surface area contributed by atoms with Gasteiger partial charge in [0.2, 0.25) is 0 Å². The summed E-state index contributed by atoms with van der Waals surface area (Å²) >= 11 is 0. The summed E-state index contributed by atoms with van der Waals surface area (Å²) in [4.78, 5) is 12.3. The molecular formula is C15H27NO2. The summed E-state index contributed by atoms with van der Waals surface area (Å²) in [5.74, 6) is 0.638. The van der Waals surface area contributed by atoms with Gasteiger partial charge in [-0.3, -0.25) is 10.1 Å². The highest BCUT2D eigenvalue weighted by Crippen LogP contribution is 2.36. The second-order valence-corrected chi connectivity index (χ2v) is 6.07. The molecule has 2 aliphatic rings. The van der Waals surface area contributed by atoms with Gasteiger partial charge in [0.1, 0.15) is 5.54 Å². The lowest BCUT2D eigenvalue weighted by Gasteiger charge is -2.41. The van der Waals surface area contributed by atoms with Gasteiger partial charge in [-0.15, -0.1) is 0 Å². The lowest BCUT2D eigenvalue weighted by Crippen LogP contribution is -2.58. The van der Waals surface area contributed by atoms with Crippen LogP contribution in [-0.4, -0.2) is 24.7 Å².